The van der Waals surface area contributed by atoms with E-state index < -0.39 is 11.5 Å². The largest absolute Gasteiger partial charge is 0.385 e. The van der Waals surface area contributed by atoms with E-state index in [4.69, 9.17) is 10.00 Å². The van der Waals surface area contributed by atoms with Crippen molar-refractivity contribution in [2.75, 3.05) is 13.2 Å². The van der Waals surface area contributed by atoms with Gasteiger partial charge in [-0.15, -0.1) is 11.3 Å². The number of hydrogen-bond acceptors (Lipinski definition) is 5. The number of hydrogen-bond donors (Lipinski definition) is 1. The van der Waals surface area contributed by atoms with E-state index in [9.17, 15) is 5.11 Å². The molecular weight excluding hydrogens is 200 g/mol. The fourth-order valence-corrected chi connectivity index (χ4v) is 2.16. The Kier molecular flexibility index (Phi) is 2.50. The van der Waals surface area contributed by atoms with Crippen LogP contribution in [-0.2, 0) is 4.74 Å². The first-order valence-electron chi connectivity index (χ1n) is 4.34. The number of aromatic nitrogens is 1. The quantitative estimate of drug-likeness (QED) is 0.794. The molecule has 1 aliphatic heterocycles. The smallest absolute Gasteiger partial charge is 0.118 e. The Bertz CT molecular complexity index is 338. The molecule has 74 valence electrons. The molecular formula is C9H10N2O2S. The van der Waals surface area contributed by atoms with Crippen LogP contribution in [0.1, 0.15) is 18.2 Å². The van der Waals surface area contributed by atoms with E-state index in [0.717, 1.165) is 0 Å². The first-order valence-corrected chi connectivity index (χ1v) is 5.28. The minimum absolute atomic E-state index is 0.294. The first-order chi connectivity index (χ1) is 6.78. The van der Waals surface area contributed by atoms with E-state index in [2.05, 4.69) is 11.1 Å². The number of rotatable bonds is 2. The highest BCUT2D eigenvalue weighted by molar-refractivity contribution is 7.07. The maximum Gasteiger partial charge on any atom is 0.118 e. The molecule has 0 aliphatic carbocycles. The van der Waals surface area contributed by atoms with Crippen molar-refractivity contribution < 1.29 is 9.84 Å². The molecule has 1 fully saturated rings. The summed E-state index contributed by atoms with van der Waals surface area (Å²) < 4.78 is 5.16. The molecule has 0 amide bonds. The highest BCUT2D eigenvalue weighted by Gasteiger charge is 2.43. The normalized spacial score (nSPS) is 28.6. The van der Waals surface area contributed by atoms with Crippen molar-refractivity contribution in [1.82, 2.24) is 4.98 Å². The monoisotopic (exact) mass is 210 g/mol. The predicted octanol–water partition coefficient (Wildman–Crippen LogP) is 1.11. The maximum atomic E-state index is 10.0. The zero-order valence-electron chi connectivity index (χ0n) is 7.51. The van der Waals surface area contributed by atoms with Crippen LogP contribution < -0.4 is 0 Å². The zero-order valence-corrected chi connectivity index (χ0v) is 8.33. The second kappa shape index (κ2) is 3.65. The number of ether oxygens (including phenoxy) is 1. The Hall–Kier alpha value is -0.960. The van der Waals surface area contributed by atoms with Crippen molar-refractivity contribution in [3.8, 4) is 6.07 Å². The molecule has 4 nitrogen and oxygen atoms in total. The summed E-state index contributed by atoms with van der Waals surface area (Å²) in [6.07, 6.45) is -0.261. The third kappa shape index (κ3) is 1.42. The van der Waals surface area contributed by atoms with Crippen LogP contribution in [0.25, 0.3) is 0 Å². The molecule has 1 N–H and O–H groups in total. The van der Waals surface area contributed by atoms with Crippen LogP contribution in [0.4, 0.5) is 0 Å². The van der Waals surface area contributed by atoms with Gasteiger partial charge in [0.25, 0.3) is 0 Å². The second-order valence-corrected chi connectivity index (χ2v) is 4.11. The third-order valence-corrected chi connectivity index (χ3v) is 3.13. The van der Waals surface area contributed by atoms with E-state index in [0.29, 0.717) is 25.3 Å². The van der Waals surface area contributed by atoms with Crippen molar-refractivity contribution in [1.29, 1.82) is 5.26 Å². The van der Waals surface area contributed by atoms with Crippen LogP contribution in [-0.4, -0.2) is 23.3 Å². The van der Waals surface area contributed by atoms with E-state index in [1.54, 1.807) is 10.9 Å². The molecule has 2 unspecified atom stereocenters. The highest BCUT2D eigenvalue weighted by atomic mass is 32.1. The Balaban J connectivity index is 2.25. The minimum atomic E-state index is -0.832. The van der Waals surface area contributed by atoms with Crippen molar-refractivity contribution >= 4 is 11.3 Å². The van der Waals surface area contributed by atoms with Gasteiger partial charge < -0.3 is 9.84 Å². The van der Waals surface area contributed by atoms with Crippen molar-refractivity contribution in [2.24, 2.45) is 5.41 Å². The average Bonchev–Trinajstić information content (AvgIpc) is 2.89. The maximum absolute atomic E-state index is 10.0. The van der Waals surface area contributed by atoms with Gasteiger partial charge in [0.2, 0.25) is 0 Å². The van der Waals surface area contributed by atoms with Gasteiger partial charge in [-0.05, 0) is 6.42 Å². The summed E-state index contributed by atoms with van der Waals surface area (Å²) in [5.74, 6) is 0. The Morgan fingerprint density at radius 3 is 3.14 bits per heavy atom. The molecule has 0 bridgehead atoms. The molecule has 14 heavy (non-hydrogen) atoms. The van der Waals surface area contributed by atoms with Gasteiger partial charge in [0, 0.05) is 12.0 Å². The molecule has 2 atom stereocenters. The standard InChI is InChI=1S/C9H10N2O2S/c10-4-9(1-2-13-5-9)8(12)7-3-14-6-11-7/h3,6,8,12H,1-2,5H2. The van der Waals surface area contributed by atoms with Crippen LogP contribution in [0.2, 0.25) is 0 Å². The number of aliphatic hydroxyl groups excluding tert-OH is 1. The summed E-state index contributed by atoms with van der Waals surface area (Å²) in [6, 6.07) is 2.16. The molecule has 0 aromatic carbocycles. The topological polar surface area (TPSA) is 66.1 Å². The minimum Gasteiger partial charge on any atom is -0.385 e. The number of nitriles is 1. The van der Waals surface area contributed by atoms with Crippen molar-refractivity contribution in [3.05, 3.63) is 16.6 Å². The molecule has 2 rings (SSSR count). The first kappa shape index (κ1) is 9.59. The van der Waals surface area contributed by atoms with Gasteiger partial charge in [-0.25, -0.2) is 4.98 Å². The Morgan fingerprint density at radius 2 is 2.64 bits per heavy atom. The third-order valence-electron chi connectivity index (χ3n) is 2.53. The predicted molar refractivity (Wildman–Crippen MR) is 50.6 cm³/mol. The molecule has 1 saturated heterocycles. The zero-order chi connectivity index (χ0) is 10.0. The molecule has 0 saturated carbocycles. The number of nitrogens with zero attached hydrogens (tertiary/aromatic N) is 2. The molecule has 1 aromatic rings. The van der Waals surface area contributed by atoms with E-state index in [-0.39, 0.29) is 0 Å². The fourth-order valence-electron chi connectivity index (χ4n) is 1.59. The molecule has 1 aliphatic rings. The van der Waals surface area contributed by atoms with Crippen molar-refractivity contribution in [2.45, 2.75) is 12.5 Å². The molecule has 0 radical (unpaired) electrons. The molecule has 0 spiro atoms. The number of thiazole rings is 1. The average molecular weight is 210 g/mol. The van der Waals surface area contributed by atoms with Crippen molar-refractivity contribution in [3.63, 3.8) is 0 Å². The molecule has 5 heteroatoms. The van der Waals surface area contributed by atoms with E-state index >= 15 is 0 Å². The van der Waals surface area contributed by atoms with Gasteiger partial charge in [-0.3, -0.25) is 0 Å². The van der Waals surface area contributed by atoms with Crippen LogP contribution in [0, 0.1) is 16.7 Å². The lowest BCUT2D eigenvalue weighted by Gasteiger charge is -2.23. The van der Waals surface area contributed by atoms with Gasteiger partial charge in [0.1, 0.15) is 11.5 Å². The summed E-state index contributed by atoms with van der Waals surface area (Å²) in [7, 11) is 0. The summed E-state index contributed by atoms with van der Waals surface area (Å²) in [5.41, 5.74) is 1.43. The second-order valence-electron chi connectivity index (χ2n) is 3.39. The lowest BCUT2D eigenvalue weighted by Crippen LogP contribution is -2.27. The van der Waals surface area contributed by atoms with E-state index in [1.165, 1.54) is 11.3 Å². The summed E-state index contributed by atoms with van der Waals surface area (Å²) in [4.78, 5) is 4.02. The van der Waals surface area contributed by atoms with Gasteiger partial charge in [0.05, 0.1) is 23.9 Å². The molecule has 2 heterocycles. The highest BCUT2D eigenvalue weighted by Crippen LogP contribution is 2.40. The molecule has 1 aromatic heterocycles. The fraction of sp³-hybridized carbons (Fsp3) is 0.556. The summed E-state index contributed by atoms with van der Waals surface area (Å²) in [6.45, 7) is 0.830. The van der Waals surface area contributed by atoms with Gasteiger partial charge in [-0.1, -0.05) is 0 Å². The lowest BCUT2D eigenvalue weighted by atomic mass is 9.82. The SMILES string of the molecule is N#CC1(C(O)c2cscn2)CCOC1. The Morgan fingerprint density at radius 1 is 1.79 bits per heavy atom. The van der Waals surface area contributed by atoms with E-state index in [1.807, 2.05) is 0 Å². The van der Waals surface area contributed by atoms with Gasteiger partial charge in [0.15, 0.2) is 0 Å². The Labute approximate surface area is 85.8 Å². The summed E-state index contributed by atoms with van der Waals surface area (Å²) >= 11 is 1.41. The lowest BCUT2D eigenvalue weighted by molar-refractivity contribution is 0.0477. The van der Waals surface area contributed by atoms with Crippen LogP contribution in [0.15, 0.2) is 10.9 Å². The summed E-state index contributed by atoms with van der Waals surface area (Å²) in [5, 5.41) is 20.8. The van der Waals surface area contributed by atoms with Crippen LogP contribution in [0.3, 0.4) is 0 Å². The van der Waals surface area contributed by atoms with Crippen LogP contribution in [0.5, 0.6) is 0 Å². The van der Waals surface area contributed by atoms with Crippen LogP contribution >= 0.6 is 11.3 Å². The van der Waals surface area contributed by atoms with Gasteiger partial charge >= 0.3 is 0 Å². The number of aliphatic hydroxyl groups is 1. The van der Waals surface area contributed by atoms with Gasteiger partial charge in [-0.2, -0.15) is 5.26 Å².